The average molecular weight is 448 g/mol. The number of aryl methyl sites for hydroxylation is 1. The molecule has 4 rings (SSSR count). The van der Waals surface area contributed by atoms with Gasteiger partial charge in [0.1, 0.15) is 0 Å². The zero-order chi connectivity index (χ0) is 23.9. The van der Waals surface area contributed by atoms with Crippen molar-refractivity contribution in [3.8, 4) is 0 Å². The Labute approximate surface area is 197 Å². The lowest BCUT2D eigenvalue weighted by molar-refractivity contribution is -0.136. The summed E-state index contributed by atoms with van der Waals surface area (Å²) in [7, 11) is 0. The molecule has 2 atom stereocenters. The molecule has 5 nitrogen and oxygen atoms in total. The number of benzene rings is 2. The molecule has 1 aromatic heterocycles. The second kappa shape index (κ2) is 8.85. The molecule has 2 aromatic carbocycles. The minimum Gasteiger partial charge on any atom is -0.481 e. The first-order valence-corrected chi connectivity index (χ1v) is 12.1. The van der Waals surface area contributed by atoms with Gasteiger partial charge in [-0.25, -0.2) is 4.98 Å². The molecule has 5 heteroatoms. The Kier molecular flexibility index (Phi) is 6.26. The highest BCUT2D eigenvalue weighted by Crippen LogP contribution is 2.46. The summed E-state index contributed by atoms with van der Waals surface area (Å²) in [6, 6.07) is 13.0. The van der Waals surface area contributed by atoms with Gasteiger partial charge in [-0.15, -0.1) is 0 Å². The number of nitrogens with zero attached hydrogens (tertiary/aromatic N) is 2. The second-order valence-corrected chi connectivity index (χ2v) is 11.1. The zero-order valence-electron chi connectivity index (χ0n) is 20.8. The molecular formula is C28H37N3O2. The normalized spacial score (nSPS) is 20.3. The van der Waals surface area contributed by atoms with Gasteiger partial charge in [-0.05, 0) is 84.4 Å². The fourth-order valence-electron chi connectivity index (χ4n) is 5.67. The maximum Gasteiger partial charge on any atom is 0.307 e. The van der Waals surface area contributed by atoms with E-state index in [9.17, 15) is 9.90 Å². The molecule has 0 amide bonds. The molecule has 0 radical (unpaired) electrons. The number of carbonyl (C=O) groups is 1. The number of rotatable bonds is 6. The van der Waals surface area contributed by atoms with Crippen molar-refractivity contribution in [3.05, 3.63) is 53.1 Å². The van der Waals surface area contributed by atoms with Crippen LogP contribution < -0.4 is 5.32 Å². The minimum absolute atomic E-state index is 0.0154. The first kappa shape index (κ1) is 23.3. The van der Waals surface area contributed by atoms with E-state index in [1.807, 2.05) is 13.0 Å². The molecule has 0 aliphatic heterocycles. The zero-order valence-corrected chi connectivity index (χ0v) is 20.8. The molecule has 1 heterocycles. The smallest absolute Gasteiger partial charge is 0.307 e. The van der Waals surface area contributed by atoms with E-state index in [2.05, 4.69) is 74.8 Å². The number of carboxylic acid groups (broad SMARTS) is 1. The van der Waals surface area contributed by atoms with Gasteiger partial charge in [-0.3, -0.25) is 4.79 Å². The van der Waals surface area contributed by atoms with Gasteiger partial charge in [0.05, 0.1) is 17.5 Å². The Morgan fingerprint density at radius 1 is 1.21 bits per heavy atom. The summed E-state index contributed by atoms with van der Waals surface area (Å²) in [6.07, 6.45) is 3.46. The van der Waals surface area contributed by atoms with Crippen molar-refractivity contribution in [2.24, 2.45) is 11.3 Å². The first-order valence-electron chi connectivity index (χ1n) is 12.1. The van der Waals surface area contributed by atoms with Gasteiger partial charge in [-0.1, -0.05) is 46.8 Å². The van der Waals surface area contributed by atoms with Gasteiger partial charge < -0.3 is 15.0 Å². The molecule has 2 N–H and O–H groups in total. The number of anilines is 2. The van der Waals surface area contributed by atoms with Gasteiger partial charge in [0, 0.05) is 11.7 Å². The standard InChI is InChI=1S/C28H37N3O2/c1-17(2)20-7-9-22(10-8-20)29-27-30-24-13-21(14-26(32)33)19(4)12-25(24)31(27)23-11-18(3)15-28(5,6)16-23/h7-10,12-13,17-18,23H,11,14-16H2,1-6H3,(H,29,30)(H,32,33)/t18-,23+/m0/s1. The number of nitrogens with one attached hydrogen (secondary N) is 1. The Hall–Kier alpha value is -2.82. The summed E-state index contributed by atoms with van der Waals surface area (Å²) in [5.41, 5.74) is 6.36. The molecule has 1 fully saturated rings. The van der Waals surface area contributed by atoms with Crippen LogP contribution in [0.25, 0.3) is 11.0 Å². The van der Waals surface area contributed by atoms with Gasteiger partial charge >= 0.3 is 5.97 Å². The van der Waals surface area contributed by atoms with Crippen molar-refractivity contribution in [2.75, 3.05) is 5.32 Å². The third-order valence-electron chi connectivity index (χ3n) is 7.05. The van der Waals surface area contributed by atoms with Gasteiger partial charge in [0.25, 0.3) is 0 Å². The van der Waals surface area contributed by atoms with E-state index in [1.165, 1.54) is 12.0 Å². The maximum atomic E-state index is 11.4. The number of hydrogen-bond acceptors (Lipinski definition) is 3. The SMILES string of the molecule is Cc1cc2c(cc1CC(=O)O)nc(Nc1ccc(C(C)C)cc1)n2[C@@H]1C[C@H](C)CC(C)(C)C1. The molecule has 176 valence electrons. The van der Waals surface area contributed by atoms with Crippen molar-refractivity contribution in [1.82, 2.24) is 9.55 Å². The van der Waals surface area contributed by atoms with Gasteiger partial charge in [-0.2, -0.15) is 0 Å². The van der Waals surface area contributed by atoms with Gasteiger partial charge in [0.15, 0.2) is 0 Å². The van der Waals surface area contributed by atoms with Crippen LogP contribution in [0.1, 0.15) is 82.5 Å². The molecule has 33 heavy (non-hydrogen) atoms. The number of imidazole rings is 1. The molecule has 0 bridgehead atoms. The van der Waals surface area contributed by atoms with Crippen LogP contribution in [0.3, 0.4) is 0 Å². The molecule has 0 unspecified atom stereocenters. The quantitative estimate of drug-likeness (QED) is 0.418. The van der Waals surface area contributed by atoms with Crippen LogP contribution in [0.4, 0.5) is 11.6 Å². The van der Waals surface area contributed by atoms with Crippen molar-refractivity contribution in [2.45, 2.75) is 79.2 Å². The molecule has 0 spiro atoms. The van der Waals surface area contributed by atoms with Crippen LogP contribution in [0, 0.1) is 18.3 Å². The first-order chi connectivity index (χ1) is 15.5. The molecular weight excluding hydrogens is 410 g/mol. The van der Waals surface area contributed by atoms with Crippen molar-refractivity contribution >= 4 is 28.6 Å². The Morgan fingerprint density at radius 3 is 2.52 bits per heavy atom. The summed E-state index contributed by atoms with van der Waals surface area (Å²) in [6.45, 7) is 13.5. The summed E-state index contributed by atoms with van der Waals surface area (Å²) in [4.78, 5) is 16.3. The van der Waals surface area contributed by atoms with Crippen molar-refractivity contribution < 1.29 is 9.90 Å². The van der Waals surface area contributed by atoms with Crippen LogP contribution in [-0.2, 0) is 11.2 Å². The van der Waals surface area contributed by atoms with Crippen LogP contribution in [-0.4, -0.2) is 20.6 Å². The maximum absolute atomic E-state index is 11.4. The van der Waals surface area contributed by atoms with Crippen LogP contribution in [0.15, 0.2) is 36.4 Å². The van der Waals surface area contributed by atoms with Crippen LogP contribution in [0.2, 0.25) is 0 Å². The lowest BCUT2D eigenvalue weighted by Crippen LogP contribution is -2.29. The summed E-state index contributed by atoms with van der Waals surface area (Å²) in [5, 5.41) is 12.9. The fourth-order valence-corrected chi connectivity index (χ4v) is 5.67. The third-order valence-corrected chi connectivity index (χ3v) is 7.05. The highest BCUT2D eigenvalue weighted by atomic mass is 16.4. The third kappa shape index (κ3) is 5.07. The highest BCUT2D eigenvalue weighted by Gasteiger charge is 2.34. The number of hydrogen-bond donors (Lipinski definition) is 2. The van der Waals surface area contributed by atoms with E-state index in [4.69, 9.17) is 4.98 Å². The summed E-state index contributed by atoms with van der Waals surface area (Å²) >= 11 is 0. The monoisotopic (exact) mass is 447 g/mol. The minimum atomic E-state index is -0.816. The molecule has 1 saturated carbocycles. The van der Waals surface area contributed by atoms with E-state index in [0.29, 0.717) is 17.9 Å². The average Bonchev–Trinajstić information content (AvgIpc) is 3.03. The number of aromatic nitrogens is 2. The van der Waals surface area contributed by atoms with Crippen molar-refractivity contribution in [1.29, 1.82) is 0 Å². The topological polar surface area (TPSA) is 67.2 Å². The predicted octanol–water partition coefficient (Wildman–Crippen LogP) is 7.23. The van der Waals surface area contributed by atoms with Crippen LogP contribution >= 0.6 is 0 Å². The summed E-state index contributed by atoms with van der Waals surface area (Å²) < 4.78 is 2.38. The number of fused-ring (bicyclic) bond motifs is 1. The molecule has 3 aromatic rings. The van der Waals surface area contributed by atoms with Crippen LogP contribution in [0.5, 0.6) is 0 Å². The lowest BCUT2D eigenvalue weighted by Gasteiger charge is -2.40. The van der Waals surface area contributed by atoms with E-state index >= 15 is 0 Å². The van der Waals surface area contributed by atoms with E-state index < -0.39 is 5.97 Å². The number of aliphatic carboxylic acids is 1. The number of carboxylic acids is 1. The Balaban J connectivity index is 1.81. The van der Waals surface area contributed by atoms with E-state index in [-0.39, 0.29) is 11.8 Å². The summed E-state index contributed by atoms with van der Waals surface area (Å²) in [5.74, 6) is 1.15. The van der Waals surface area contributed by atoms with Gasteiger partial charge in [0.2, 0.25) is 5.95 Å². The largest absolute Gasteiger partial charge is 0.481 e. The Bertz CT molecular complexity index is 1160. The van der Waals surface area contributed by atoms with Crippen molar-refractivity contribution in [3.63, 3.8) is 0 Å². The second-order valence-electron chi connectivity index (χ2n) is 11.1. The molecule has 1 aliphatic carbocycles. The fraction of sp³-hybridized carbons (Fsp3) is 0.500. The molecule has 1 aliphatic rings. The Morgan fingerprint density at radius 2 is 1.91 bits per heavy atom. The highest BCUT2D eigenvalue weighted by molar-refractivity contribution is 5.83. The van der Waals surface area contributed by atoms with E-state index in [1.54, 1.807) is 0 Å². The molecule has 0 saturated heterocycles. The predicted molar refractivity (Wildman–Crippen MR) is 135 cm³/mol. The van der Waals surface area contributed by atoms with E-state index in [0.717, 1.165) is 46.6 Å². The lowest BCUT2D eigenvalue weighted by atomic mass is 9.70.